The van der Waals surface area contributed by atoms with E-state index in [4.69, 9.17) is 0 Å². The van der Waals surface area contributed by atoms with Crippen molar-refractivity contribution in [2.24, 2.45) is 0 Å². The van der Waals surface area contributed by atoms with Crippen molar-refractivity contribution in [1.82, 2.24) is 10.2 Å². The first kappa shape index (κ1) is 12.9. The van der Waals surface area contributed by atoms with E-state index in [9.17, 15) is 4.79 Å². The van der Waals surface area contributed by atoms with Gasteiger partial charge in [0.15, 0.2) is 0 Å². The van der Waals surface area contributed by atoms with Crippen molar-refractivity contribution in [2.75, 3.05) is 12.8 Å². The molecule has 3 atom stereocenters. The Bertz CT molecular complexity index is 380. The van der Waals surface area contributed by atoms with E-state index in [1.54, 1.807) is 23.1 Å². The summed E-state index contributed by atoms with van der Waals surface area (Å²) in [6.45, 7) is 4.90. The quantitative estimate of drug-likeness (QED) is 0.911. The smallest absolute Gasteiger partial charge is 0.241 e. The van der Waals surface area contributed by atoms with Gasteiger partial charge in [0.05, 0.1) is 6.04 Å². The maximum atomic E-state index is 12.1. The van der Waals surface area contributed by atoms with Crippen LogP contribution in [-0.4, -0.2) is 34.9 Å². The molecule has 1 N–H and O–H groups in total. The molecule has 3 unspecified atom stereocenters. The Morgan fingerprint density at radius 3 is 3.00 bits per heavy atom. The minimum Gasteiger partial charge on any atom is -0.320 e. The van der Waals surface area contributed by atoms with Crippen LogP contribution in [0.3, 0.4) is 0 Å². The van der Waals surface area contributed by atoms with Crippen molar-refractivity contribution >= 4 is 29.0 Å². The topological polar surface area (TPSA) is 32.3 Å². The summed E-state index contributed by atoms with van der Waals surface area (Å²) >= 11 is 3.50. The van der Waals surface area contributed by atoms with Crippen molar-refractivity contribution in [3.63, 3.8) is 0 Å². The van der Waals surface area contributed by atoms with Gasteiger partial charge in [-0.1, -0.05) is 13.0 Å². The molecule has 5 heteroatoms. The molecule has 1 fully saturated rings. The molecule has 0 aliphatic carbocycles. The Morgan fingerprint density at radius 1 is 1.65 bits per heavy atom. The van der Waals surface area contributed by atoms with Crippen molar-refractivity contribution in [2.45, 2.75) is 31.3 Å². The number of thioether (sulfide) groups is 1. The summed E-state index contributed by atoms with van der Waals surface area (Å²) in [4.78, 5) is 15.3. The largest absolute Gasteiger partial charge is 0.320 e. The lowest BCUT2D eigenvalue weighted by Gasteiger charge is -2.25. The summed E-state index contributed by atoms with van der Waals surface area (Å²) in [6.07, 6.45) is 2.15. The fraction of sp³-hybridized carbons (Fsp3) is 0.583. The van der Waals surface area contributed by atoms with Crippen molar-refractivity contribution in [1.29, 1.82) is 0 Å². The molecular weight excluding hydrogens is 252 g/mol. The first-order valence-electron chi connectivity index (χ1n) is 5.76. The predicted octanol–water partition coefficient (Wildman–Crippen LogP) is 2.32. The summed E-state index contributed by atoms with van der Waals surface area (Å²) in [5.41, 5.74) is 0. The van der Waals surface area contributed by atoms with Crippen LogP contribution in [0.1, 0.15) is 24.9 Å². The standard InChI is InChI=1S/C12H18N2OS2/c1-8(16-3)7-14-11(10-5-4-6-17-10)13-9(2)12(14)15/h4-6,8-9,11,13H,7H2,1-3H3. The number of carbonyl (C=O) groups is 1. The van der Waals surface area contributed by atoms with Gasteiger partial charge >= 0.3 is 0 Å². The van der Waals surface area contributed by atoms with Crippen LogP contribution in [0, 0.1) is 0 Å². The third kappa shape index (κ3) is 2.67. The second-order valence-electron chi connectivity index (χ2n) is 4.34. The van der Waals surface area contributed by atoms with Gasteiger partial charge in [-0.15, -0.1) is 11.3 Å². The third-order valence-corrected chi connectivity index (χ3v) is 4.92. The predicted molar refractivity (Wildman–Crippen MR) is 74.3 cm³/mol. The molecule has 1 aliphatic rings. The molecule has 2 heterocycles. The van der Waals surface area contributed by atoms with E-state index in [1.807, 2.05) is 17.9 Å². The van der Waals surface area contributed by atoms with Gasteiger partial charge in [-0.05, 0) is 24.6 Å². The van der Waals surface area contributed by atoms with Crippen LogP contribution in [0.2, 0.25) is 0 Å². The molecule has 94 valence electrons. The van der Waals surface area contributed by atoms with Crippen LogP contribution in [0.15, 0.2) is 17.5 Å². The van der Waals surface area contributed by atoms with Gasteiger partial charge in [0.1, 0.15) is 6.17 Å². The third-order valence-electron chi connectivity index (χ3n) is 3.04. The van der Waals surface area contributed by atoms with Crippen molar-refractivity contribution < 1.29 is 4.79 Å². The normalized spacial score (nSPS) is 26.5. The van der Waals surface area contributed by atoms with E-state index >= 15 is 0 Å². The first-order chi connectivity index (χ1) is 8.13. The number of hydrogen-bond donors (Lipinski definition) is 1. The lowest BCUT2D eigenvalue weighted by atomic mass is 10.3. The zero-order chi connectivity index (χ0) is 12.4. The monoisotopic (exact) mass is 270 g/mol. The van der Waals surface area contributed by atoms with Gasteiger partial charge in [0.2, 0.25) is 5.91 Å². The molecule has 0 saturated carbocycles. The first-order valence-corrected chi connectivity index (χ1v) is 7.93. The number of carbonyl (C=O) groups excluding carboxylic acids is 1. The molecule has 1 saturated heterocycles. The van der Waals surface area contributed by atoms with Crippen LogP contribution >= 0.6 is 23.1 Å². The van der Waals surface area contributed by atoms with Gasteiger partial charge in [0, 0.05) is 16.7 Å². The second kappa shape index (κ2) is 5.42. The van der Waals surface area contributed by atoms with E-state index < -0.39 is 0 Å². The molecule has 2 rings (SSSR count). The summed E-state index contributed by atoms with van der Waals surface area (Å²) < 4.78 is 0. The fourth-order valence-electron chi connectivity index (χ4n) is 2.00. The van der Waals surface area contributed by atoms with Crippen molar-refractivity contribution in [3.05, 3.63) is 22.4 Å². The van der Waals surface area contributed by atoms with Gasteiger partial charge in [-0.3, -0.25) is 10.1 Å². The zero-order valence-corrected chi connectivity index (χ0v) is 12.0. The van der Waals surface area contributed by atoms with Crippen LogP contribution in [0.4, 0.5) is 0 Å². The minimum atomic E-state index is -0.0730. The molecule has 3 nitrogen and oxygen atoms in total. The number of nitrogens with one attached hydrogen (secondary N) is 1. The second-order valence-corrected chi connectivity index (χ2v) is 6.60. The Hall–Kier alpha value is -0.520. The van der Waals surface area contributed by atoms with Gasteiger partial charge in [0.25, 0.3) is 0 Å². The Morgan fingerprint density at radius 2 is 2.41 bits per heavy atom. The molecule has 0 spiro atoms. The van der Waals surface area contributed by atoms with Gasteiger partial charge in [-0.2, -0.15) is 11.8 Å². The Labute approximate surface area is 111 Å². The van der Waals surface area contributed by atoms with Crippen LogP contribution in [0.5, 0.6) is 0 Å². The molecule has 0 radical (unpaired) electrons. The molecule has 1 aromatic rings. The minimum absolute atomic E-state index is 0.0621. The Kier molecular flexibility index (Phi) is 4.12. The maximum absolute atomic E-state index is 12.1. The Balaban J connectivity index is 2.16. The van der Waals surface area contributed by atoms with E-state index in [0.717, 1.165) is 6.54 Å². The average Bonchev–Trinajstić information content (AvgIpc) is 2.92. The highest BCUT2D eigenvalue weighted by atomic mass is 32.2. The van der Waals surface area contributed by atoms with E-state index in [2.05, 4.69) is 29.9 Å². The number of rotatable bonds is 4. The van der Waals surface area contributed by atoms with Gasteiger partial charge < -0.3 is 4.90 Å². The summed E-state index contributed by atoms with van der Waals surface area (Å²) in [6, 6.07) is 4.05. The van der Waals surface area contributed by atoms with E-state index in [0.29, 0.717) is 5.25 Å². The molecule has 1 amide bonds. The maximum Gasteiger partial charge on any atom is 0.241 e. The van der Waals surface area contributed by atoms with Gasteiger partial charge in [-0.25, -0.2) is 0 Å². The molecule has 17 heavy (non-hydrogen) atoms. The molecular formula is C12H18N2OS2. The summed E-state index contributed by atoms with van der Waals surface area (Å²) in [5, 5.41) is 5.89. The van der Waals surface area contributed by atoms with Crippen LogP contribution < -0.4 is 5.32 Å². The SMILES string of the molecule is CSC(C)CN1C(=O)C(C)NC1c1cccs1. The number of nitrogens with zero attached hydrogens (tertiary/aromatic N) is 1. The lowest BCUT2D eigenvalue weighted by molar-refractivity contribution is -0.129. The number of amides is 1. The average molecular weight is 270 g/mol. The van der Waals surface area contributed by atoms with Crippen LogP contribution in [-0.2, 0) is 4.79 Å². The highest BCUT2D eigenvalue weighted by molar-refractivity contribution is 7.99. The zero-order valence-electron chi connectivity index (χ0n) is 10.3. The van der Waals surface area contributed by atoms with E-state index in [-0.39, 0.29) is 18.1 Å². The molecule has 0 bridgehead atoms. The van der Waals surface area contributed by atoms with Crippen molar-refractivity contribution in [3.8, 4) is 0 Å². The molecule has 0 aromatic carbocycles. The number of hydrogen-bond acceptors (Lipinski definition) is 4. The number of thiophene rings is 1. The fourth-order valence-corrected chi connectivity index (χ4v) is 3.11. The molecule has 1 aromatic heterocycles. The van der Waals surface area contributed by atoms with Crippen LogP contribution in [0.25, 0.3) is 0 Å². The van der Waals surface area contributed by atoms with E-state index in [1.165, 1.54) is 4.88 Å². The highest BCUT2D eigenvalue weighted by Gasteiger charge is 2.37. The summed E-state index contributed by atoms with van der Waals surface area (Å²) in [5.74, 6) is 0.212. The molecule has 1 aliphatic heterocycles. The highest BCUT2D eigenvalue weighted by Crippen LogP contribution is 2.29. The lowest BCUT2D eigenvalue weighted by Crippen LogP contribution is -2.35. The summed E-state index contributed by atoms with van der Waals surface area (Å²) in [7, 11) is 0.